The summed E-state index contributed by atoms with van der Waals surface area (Å²) in [5, 5.41) is 6.27. The van der Waals surface area contributed by atoms with Crippen molar-refractivity contribution in [1.29, 1.82) is 0 Å². The molecule has 1 fully saturated rings. The standard InChI is InChI=1S/C15H22N2O2/c1-11(2)19-14-8-4-3-7-13(14)17-15(18)10-12-6-5-9-16-12/h3-4,7-8,11-12,16H,5-6,9-10H2,1-2H3,(H,17,18). The van der Waals surface area contributed by atoms with Crippen molar-refractivity contribution in [2.75, 3.05) is 11.9 Å². The first-order valence-electron chi connectivity index (χ1n) is 6.94. The summed E-state index contributed by atoms with van der Waals surface area (Å²) in [5.41, 5.74) is 0.749. The van der Waals surface area contributed by atoms with E-state index in [9.17, 15) is 4.79 Å². The molecule has 0 bridgehead atoms. The molecule has 0 aliphatic carbocycles. The van der Waals surface area contributed by atoms with Gasteiger partial charge in [-0.3, -0.25) is 4.79 Å². The number of amides is 1. The molecule has 1 unspecified atom stereocenters. The van der Waals surface area contributed by atoms with Crippen LogP contribution in [-0.2, 0) is 4.79 Å². The molecule has 0 saturated carbocycles. The molecule has 4 heteroatoms. The highest BCUT2D eigenvalue weighted by Gasteiger charge is 2.18. The monoisotopic (exact) mass is 262 g/mol. The van der Waals surface area contributed by atoms with E-state index in [1.165, 1.54) is 0 Å². The maximum absolute atomic E-state index is 12.0. The second kappa shape index (κ2) is 6.57. The molecule has 1 aliphatic heterocycles. The van der Waals surface area contributed by atoms with Crippen molar-refractivity contribution in [3.05, 3.63) is 24.3 Å². The largest absolute Gasteiger partial charge is 0.489 e. The number of carbonyl (C=O) groups is 1. The van der Waals surface area contributed by atoms with Crippen molar-refractivity contribution in [3.63, 3.8) is 0 Å². The normalized spacial score (nSPS) is 18.6. The van der Waals surface area contributed by atoms with Crippen LogP contribution in [0.15, 0.2) is 24.3 Å². The third-order valence-electron chi connectivity index (χ3n) is 3.12. The maximum atomic E-state index is 12.0. The lowest BCUT2D eigenvalue weighted by Gasteiger charge is -2.15. The molecule has 1 aliphatic rings. The number of rotatable bonds is 5. The van der Waals surface area contributed by atoms with Gasteiger partial charge in [0.2, 0.25) is 5.91 Å². The third-order valence-corrected chi connectivity index (χ3v) is 3.12. The van der Waals surface area contributed by atoms with Crippen LogP contribution in [0.1, 0.15) is 33.1 Å². The molecule has 104 valence electrons. The van der Waals surface area contributed by atoms with E-state index in [2.05, 4.69) is 10.6 Å². The fraction of sp³-hybridized carbons (Fsp3) is 0.533. The Bertz CT molecular complexity index is 426. The molecule has 1 amide bonds. The lowest BCUT2D eigenvalue weighted by Crippen LogP contribution is -2.27. The number of anilines is 1. The topological polar surface area (TPSA) is 50.4 Å². The van der Waals surface area contributed by atoms with Gasteiger partial charge in [-0.05, 0) is 45.4 Å². The molecule has 0 radical (unpaired) electrons. The molecule has 4 nitrogen and oxygen atoms in total. The fourth-order valence-corrected chi connectivity index (χ4v) is 2.28. The third kappa shape index (κ3) is 4.24. The van der Waals surface area contributed by atoms with Crippen LogP contribution < -0.4 is 15.4 Å². The smallest absolute Gasteiger partial charge is 0.226 e. The number of ether oxygens (including phenoxy) is 1. The van der Waals surface area contributed by atoms with E-state index in [-0.39, 0.29) is 12.0 Å². The first kappa shape index (κ1) is 13.9. The molecule has 0 spiro atoms. The average molecular weight is 262 g/mol. The minimum absolute atomic E-state index is 0.0409. The number of hydrogen-bond donors (Lipinski definition) is 2. The number of nitrogens with one attached hydrogen (secondary N) is 2. The average Bonchev–Trinajstić information content (AvgIpc) is 2.83. The van der Waals surface area contributed by atoms with Crippen molar-refractivity contribution < 1.29 is 9.53 Å². The summed E-state index contributed by atoms with van der Waals surface area (Å²) in [6.45, 7) is 4.97. The Labute approximate surface area is 114 Å². The summed E-state index contributed by atoms with van der Waals surface area (Å²) < 4.78 is 5.69. The summed E-state index contributed by atoms with van der Waals surface area (Å²) in [6.07, 6.45) is 2.85. The predicted octanol–water partition coefficient (Wildman–Crippen LogP) is 2.55. The highest BCUT2D eigenvalue weighted by atomic mass is 16.5. The van der Waals surface area contributed by atoms with E-state index >= 15 is 0 Å². The molecule has 19 heavy (non-hydrogen) atoms. The number of carbonyl (C=O) groups excluding carboxylic acids is 1. The van der Waals surface area contributed by atoms with Crippen LogP contribution in [0.5, 0.6) is 5.75 Å². The van der Waals surface area contributed by atoms with Gasteiger partial charge in [0.05, 0.1) is 11.8 Å². The van der Waals surface area contributed by atoms with Crippen molar-refractivity contribution >= 4 is 11.6 Å². The predicted molar refractivity (Wildman–Crippen MR) is 76.5 cm³/mol. The first-order chi connectivity index (χ1) is 9.15. The summed E-state index contributed by atoms with van der Waals surface area (Å²) in [7, 11) is 0. The first-order valence-corrected chi connectivity index (χ1v) is 6.94. The van der Waals surface area contributed by atoms with Crippen molar-refractivity contribution in [3.8, 4) is 5.75 Å². The van der Waals surface area contributed by atoms with Gasteiger partial charge in [0, 0.05) is 12.5 Å². The van der Waals surface area contributed by atoms with Crippen LogP contribution >= 0.6 is 0 Å². The summed E-state index contributed by atoms with van der Waals surface area (Å²) in [5.74, 6) is 0.768. The second-order valence-corrected chi connectivity index (χ2v) is 5.21. The Morgan fingerprint density at radius 3 is 2.95 bits per heavy atom. The molecular weight excluding hydrogens is 240 g/mol. The van der Waals surface area contributed by atoms with Gasteiger partial charge in [-0.1, -0.05) is 12.1 Å². The number of benzene rings is 1. The Balaban J connectivity index is 1.95. The van der Waals surface area contributed by atoms with Crippen LogP contribution in [0.4, 0.5) is 5.69 Å². The van der Waals surface area contributed by atoms with E-state index < -0.39 is 0 Å². The quantitative estimate of drug-likeness (QED) is 0.857. The molecule has 1 heterocycles. The van der Waals surface area contributed by atoms with Gasteiger partial charge in [-0.2, -0.15) is 0 Å². The molecule has 1 atom stereocenters. The minimum atomic E-state index is 0.0409. The van der Waals surface area contributed by atoms with Crippen LogP contribution in [0, 0.1) is 0 Å². The highest BCUT2D eigenvalue weighted by molar-refractivity contribution is 5.92. The minimum Gasteiger partial charge on any atom is -0.489 e. The second-order valence-electron chi connectivity index (χ2n) is 5.21. The van der Waals surface area contributed by atoms with Gasteiger partial charge < -0.3 is 15.4 Å². The number of para-hydroxylation sites is 2. The lowest BCUT2D eigenvalue weighted by molar-refractivity contribution is -0.116. The van der Waals surface area contributed by atoms with Gasteiger partial charge in [-0.15, -0.1) is 0 Å². The van der Waals surface area contributed by atoms with Gasteiger partial charge in [-0.25, -0.2) is 0 Å². The molecular formula is C15H22N2O2. The lowest BCUT2D eigenvalue weighted by atomic mass is 10.1. The Morgan fingerprint density at radius 2 is 2.26 bits per heavy atom. The molecule has 1 aromatic carbocycles. The van der Waals surface area contributed by atoms with Crippen LogP contribution in [0.3, 0.4) is 0 Å². The highest BCUT2D eigenvalue weighted by Crippen LogP contribution is 2.25. The van der Waals surface area contributed by atoms with Gasteiger partial charge in [0.1, 0.15) is 5.75 Å². The molecule has 2 N–H and O–H groups in total. The van der Waals surface area contributed by atoms with Gasteiger partial charge in [0.15, 0.2) is 0 Å². The Hall–Kier alpha value is -1.55. The van der Waals surface area contributed by atoms with E-state index in [1.807, 2.05) is 38.1 Å². The number of hydrogen-bond acceptors (Lipinski definition) is 3. The summed E-state index contributed by atoms with van der Waals surface area (Å²) >= 11 is 0. The summed E-state index contributed by atoms with van der Waals surface area (Å²) in [6, 6.07) is 7.88. The maximum Gasteiger partial charge on any atom is 0.226 e. The molecule has 1 aromatic rings. The van der Waals surface area contributed by atoms with Crippen molar-refractivity contribution in [2.24, 2.45) is 0 Å². The van der Waals surface area contributed by atoms with E-state index in [0.717, 1.165) is 30.8 Å². The SMILES string of the molecule is CC(C)Oc1ccccc1NC(=O)CC1CCCN1. The van der Waals surface area contributed by atoms with E-state index in [4.69, 9.17) is 4.74 Å². The fourth-order valence-electron chi connectivity index (χ4n) is 2.28. The molecule has 2 rings (SSSR count). The van der Waals surface area contributed by atoms with Crippen molar-refractivity contribution in [1.82, 2.24) is 5.32 Å². The van der Waals surface area contributed by atoms with Gasteiger partial charge >= 0.3 is 0 Å². The van der Waals surface area contributed by atoms with Crippen LogP contribution in [-0.4, -0.2) is 24.6 Å². The molecule has 1 saturated heterocycles. The molecule has 0 aromatic heterocycles. The van der Waals surface area contributed by atoms with E-state index in [0.29, 0.717) is 12.5 Å². The van der Waals surface area contributed by atoms with Crippen LogP contribution in [0.25, 0.3) is 0 Å². The van der Waals surface area contributed by atoms with Gasteiger partial charge in [0.25, 0.3) is 0 Å². The van der Waals surface area contributed by atoms with Crippen molar-refractivity contribution in [2.45, 2.75) is 45.3 Å². The zero-order chi connectivity index (χ0) is 13.7. The van der Waals surface area contributed by atoms with E-state index in [1.54, 1.807) is 0 Å². The zero-order valence-corrected chi connectivity index (χ0v) is 11.6. The zero-order valence-electron chi connectivity index (χ0n) is 11.6. The van der Waals surface area contributed by atoms with Crippen LogP contribution in [0.2, 0.25) is 0 Å². The Morgan fingerprint density at radius 1 is 1.47 bits per heavy atom. The summed E-state index contributed by atoms with van der Waals surface area (Å²) in [4.78, 5) is 12.0. The Kier molecular flexibility index (Phi) is 4.80.